The van der Waals surface area contributed by atoms with Gasteiger partial charge in [0.15, 0.2) is 0 Å². The third kappa shape index (κ3) is 1.98. The SMILES string of the molecule is Cc1nsc(N)c1-c1nc2cc(Cl)ccc2n1C(C)C. The maximum atomic E-state index is 6.07. The summed E-state index contributed by atoms with van der Waals surface area (Å²) in [5.41, 5.74) is 9.85. The molecule has 0 bridgehead atoms. The summed E-state index contributed by atoms with van der Waals surface area (Å²) in [5, 5.41) is 1.39. The van der Waals surface area contributed by atoms with Crippen molar-refractivity contribution in [3.05, 3.63) is 28.9 Å². The third-order valence-corrected chi connectivity index (χ3v) is 4.28. The third-order valence-electron chi connectivity index (χ3n) is 3.28. The standard InChI is InChI=1S/C14H15ClN4S/c1-7(2)19-11-5-4-9(15)6-10(11)17-14(19)12-8(3)18-20-13(12)16/h4-7H,16H2,1-3H3. The van der Waals surface area contributed by atoms with E-state index < -0.39 is 0 Å². The lowest BCUT2D eigenvalue weighted by molar-refractivity contribution is 0.624. The molecule has 0 aliphatic heterocycles. The van der Waals surface area contributed by atoms with Crippen molar-refractivity contribution in [3.63, 3.8) is 0 Å². The Morgan fingerprint density at radius 3 is 2.70 bits per heavy atom. The van der Waals surface area contributed by atoms with Crippen molar-refractivity contribution in [2.75, 3.05) is 5.73 Å². The number of hydrogen-bond acceptors (Lipinski definition) is 4. The zero-order valence-electron chi connectivity index (χ0n) is 11.5. The van der Waals surface area contributed by atoms with Gasteiger partial charge in [-0.1, -0.05) is 11.6 Å². The number of imidazole rings is 1. The Morgan fingerprint density at radius 1 is 1.35 bits per heavy atom. The normalized spacial score (nSPS) is 11.7. The maximum absolute atomic E-state index is 6.07. The molecule has 2 N–H and O–H groups in total. The van der Waals surface area contributed by atoms with Crippen LogP contribution in [0.25, 0.3) is 22.4 Å². The molecule has 0 unspecified atom stereocenters. The van der Waals surface area contributed by atoms with Gasteiger partial charge in [0.2, 0.25) is 0 Å². The minimum atomic E-state index is 0.273. The van der Waals surface area contributed by atoms with Crippen molar-refractivity contribution in [3.8, 4) is 11.4 Å². The molecule has 1 aromatic carbocycles. The van der Waals surface area contributed by atoms with Gasteiger partial charge in [-0.05, 0) is 50.5 Å². The topological polar surface area (TPSA) is 56.7 Å². The van der Waals surface area contributed by atoms with Crippen molar-refractivity contribution in [2.24, 2.45) is 0 Å². The van der Waals surface area contributed by atoms with Gasteiger partial charge in [-0.2, -0.15) is 4.37 Å². The lowest BCUT2D eigenvalue weighted by Gasteiger charge is -2.13. The predicted octanol–water partition coefficient (Wildman–Crippen LogP) is 4.28. The van der Waals surface area contributed by atoms with Gasteiger partial charge >= 0.3 is 0 Å². The fraction of sp³-hybridized carbons (Fsp3) is 0.286. The van der Waals surface area contributed by atoms with Crippen molar-refractivity contribution >= 4 is 39.2 Å². The molecule has 0 radical (unpaired) electrons. The summed E-state index contributed by atoms with van der Waals surface area (Å²) < 4.78 is 6.50. The highest BCUT2D eigenvalue weighted by atomic mass is 35.5. The molecule has 104 valence electrons. The summed E-state index contributed by atoms with van der Waals surface area (Å²) in [6, 6.07) is 6.04. The molecule has 0 spiro atoms. The largest absolute Gasteiger partial charge is 0.389 e. The van der Waals surface area contributed by atoms with Gasteiger partial charge in [-0.3, -0.25) is 0 Å². The number of aryl methyl sites for hydroxylation is 1. The molecule has 0 aliphatic rings. The summed E-state index contributed by atoms with van der Waals surface area (Å²) in [6.07, 6.45) is 0. The summed E-state index contributed by atoms with van der Waals surface area (Å²) in [5.74, 6) is 0.862. The molecule has 0 fully saturated rings. The van der Waals surface area contributed by atoms with Gasteiger partial charge in [-0.15, -0.1) is 0 Å². The average Bonchev–Trinajstić information content (AvgIpc) is 2.89. The van der Waals surface area contributed by atoms with Gasteiger partial charge in [0.05, 0.1) is 22.3 Å². The average molecular weight is 307 g/mol. The molecule has 3 aromatic rings. The van der Waals surface area contributed by atoms with E-state index in [1.54, 1.807) is 0 Å². The lowest BCUT2D eigenvalue weighted by atomic mass is 10.2. The number of rotatable bonds is 2. The van der Waals surface area contributed by atoms with Crippen molar-refractivity contribution < 1.29 is 0 Å². The molecule has 2 heterocycles. The summed E-state index contributed by atoms with van der Waals surface area (Å²) >= 11 is 7.37. The fourth-order valence-electron chi connectivity index (χ4n) is 2.43. The number of hydrogen-bond donors (Lipinski definition) is 1. The molecular formula is C14H15ClN4S. The molecule has 0 amide bonds. The second-order valence-corrected chi connectivity index (χ2v) is 6.28. The molecule has 20 heavy (non-hydrogen) atoms. The lowest BCUT2D eigenvalue weighted by Crippen LogP contribution is -2.04. The van der Waals surface area contributed by atoms with Crippen LogP contribution in [0.5, 0.6) is 0 Å². The quantitative estimate of drug-likeness (QED) is 0.768. The number of halogens is 1. The van der Waals surface area contributed by atoms with E-state index in [-0.39, 0.29) is 6.04 Å². The highest BCUT2D eigenvalue weighted by Gasteiger charge is 2.20. The summed E-state index contributed by atoms with van der Waals surface area (Å²) in [6.45, 7) is 6.22. The first kappa shape index (κ1) is 13.4. The van der Waals surface area contributed by atoms with Crippen LogP contribution in [0.4, 0.5) is 5.00 Å². The first-order valence-corrected chi connectivity index (χ1v) is 7.53. The summed E-state index contributed by atoms with van der Waals surface area (Å²) in [7, 11) is 0. The van der Waals surface area contributed by atoms with Crippen molar-refractivity contribution in [2.45, 2.75) is 26.8 Å². The molecule has 3 rings (SSSR count). The number of fused-ring (bicyclic) bond motifs is 1. The first-order chi connectivity index (χ1) is 9.49. The summed E-state index contributed by atoms with van der Waals surface area (Å²) in [4.78, 5) is 4.72. The Bertz CT molecular complexity index is 768. The Labute approximate surface area is 126 Å². The molecular weight excluding hydrogens is 292 g/mol. The first-order valence-electron chi connectivity index (χ1n) is 6.38. The van der Waals surface area contributed by atoms with Crippen molar-refractivity contribution in [1.29, 1.82) is 0 Å². The van der Waals surface area contributed by atoms with Gasteiger partial charge in [-0.25, -0.2) is 4.98 Å². The zero-order chi connectivity index (χ0) is 14.4. The van der Waals surface area contributed by atoms with Gasteiger partial charge in [0.1, 0.15) is 10.8 Å². The van der Waals surface area contributed by atoms with Crippen LogP contribution in [-0.4, -0.2) is 13.9 Å². The van der Waals surface area contributed by atoms with E-state index >= 15 is 0 Å². The zero-order valence-corrected chi connectivity index (χ0v) is 13.1. The number of nitrogens with zero attached hydrogens (tertiary/aromatic N) is 3. The number of nitrogen functional groups attached to an aromatic ring is 1. The fourth-order valence-corrected chi connectivity index (χ4v) is 3.25. The Balaban J connectivity index is 2.38. The molecule has 6 heteroatoms. The predicted molar refractivity (Wildman–Crippen MR) is 85.4 cm³/mol. The van der Waals surface area contributed by atoms with Gasteiger partial charge in [0.25, 0.3) is 0 Å². The molecule has 0 atom stereocenters. The van der Waals surface area contributed by atoms with Gasteiger partial charge < -0.3 is 10.3 Å². The molecule has 0 saturated carbocycles. The molecule has 0 saturated heterocycles. The van der Waals surface area contributed by atoms with E-state index in [2.05, 4.69) is 22.8 Å². The van der Waals surface area contributed by atoms with E-state index in [0.29, 0.717) is 10.0 Å². The maximum Gasteiger partial charge on any atom is 0.146 e. The second-order valence-electron chi connectivity index (χ2n) is 5.04. The minimum Gasteiger partial charge on any atom is -0.389 e. The van der Waals surface area contributed by atoms with Gasteiger partial charge in [0, 0.05) is 11.1 Å². The number of anilines is 1. The van der Waals surface area contributed by atoms with Crippen LogP contribution in [-0.2, 0) is 0 Å². The van der Waals surface area contributed by atoms with Crippen LogP contribution >= 0.6 is 23.1 Å². The minimum absolute atomic E-state index is 0.273. The van der Waals surface area contributed by atoms with Crippen LogP contribution in [0.3, 0.4) is 0 Å². The number of nitrogens with two attached hydrogens (primary N) is 1. The molecule has 4 nitrogen and oxygen atoms in total. The molecule has 2 aromatic heterocycles. The Kier molecular flexibility index (Phi) is 3.18. The number of benzene rings is 1. The highest BCUT2D eigenvalue weighted by molar-refractivity contribution is 7.10. The van der Waals surface area contributed by atoms with E-state index in [4.69, 9.17) is 22.3 Å². The Morgan fingerprint density at radius 2 is 2.10 bits per heavy atom. The van der Waals surface area contributed by atoms with Crippen LogP contribution in [0.1, 0.15) is 25.6 Å². The van der Waals surface area contributed by atoms with Crippen molar-refractivity contribution in [1.82, 2.24) is 13.9 Å². The van der Waals surface area contributed by atoms with Crippen LogP contribution in [0.2, 0.25) is 5.02 Å². The van der Waals surface area contributed by atoms with Crippen LogP contribution in [0.15, 0.2) is 18.2 Å². The highest BCUT2D eigenvalue weighted by Crippen LogP contribution is 2.36. The smallest absolute Gasteiger partial charge is 0.146 e. The van der Waals surface area contributed by atoms with E-state index in [1.807, 2.05) is 25.1 Å². The number of aromatic nitrogens is 3. The van der Waals surface area contributed by atoms with E-state index in [9.17, 15) is 0 Å². The van der Waals surface area contributed by atoms with Crippen LogP contribution in [0, 0.1) is 6.92 Å². The molecule has 0 aliphatic carbocycles. The van der Waals surface area contributed by atoms with E-state index in [1.165, 1.54) is 11.5 Å². The van der Waals surface area contributed by atoms with E-state index in [0.717, 1.165) is 28.1 Å². The van der Waals surface area contributed by atoms with Crippen LogP contribution < -0.4 is 5.73 Å². The Hall–Kier alpha value is -1.59. The second kappa shape index (κ2) is 4.75. The monoisotopic (exact) mass is 306 g/mol.